The van der Waals surface area contributed by atoms with E-state index in [4.69, 9.17) is 9.72 Å². The van der Waals surface area contributed by atoms with Crippen LogP contribution in [0.3, 0.4) is 0 Å². The summed E-state index contributed by atoms with van der Waals surface area (Å²) in [5, 5.41) is 10.8. The van der Waals surface area contributed by atoms with Crippen molar-refractivity contribution < 1.29 is 9.29 Å². The molecular weight excluding hydrogens is 382 g/mol. The van der Waals surface area contributed by atoms with Gasteiger partial charge in [-0.05, 0) is 77.6 Å². The molecule has 1 atom stereocenters. The van der Waals surface area contributed by atoms with Gasteiger partial charge >= 0.3 is 0 Å². The Morgan fingerprint density at radius 3 is 2.52 bits per heavy atom. The Morgan fingerprint density at radius 1 is 1.28 bits per heavy atom. The minimum atomic E-state index is -1.36. The van der Waals surface area contributed by atoms with E-state index < -0.39 is 16.1 Å². The largest absolute Gasteiger partial charge is 0.591 e. The summed E-state index contributed by atoms with van der Waals surface area (Å²) in [5.41, 5.74) is 5.94. The van der Waals surface area contributed by atoms with Crippen LogP contribution in [0.1, 0.15) is 74.4 Å². The number of rotatable bonds is 3. The molecule has 0 amide bonds. The summed E-state index contributed by atoms with van der Waals surface area (Å²) in [6.07, 6.45) is 1.82. The van der Waals surface area contributed by atoms with Crippen molar-refractivity contribution in [1.29, 1.82) is 5.26 Å². The summed E-state index contributed by atoms with van der Waals surface area (Å²) in [6, 6.07) is 6.44. The highest BCUT2D eigenvalue weighted by atomic mass is 32.2. The number of nitriles is 1. The third-order valence-corrected chi connectivity index (χ3v) is 6.86. The number of aromatic nitrogens is 1. The lowest BCUT2D eigenvalue weighted by atomic mass is 9.89. The number of aryl methyl sites for hydroxylation is 1. The number of fused-ring (bicyclic) bond motifs is 1. The average molecular weight is 412 g/mol. The van der Waals surface area contributed by atoms with Gasteiger partial charge in [-0.3, -0.25) is 4.98 Å². The van der Waals surface area contributed by atoms with E-state index in [1.807, 2.05) is 53.7 Å². The zero-order valence-corrected chi connectivity index (χ0v) is 18.9. The third-order valence-electron chi connectivity index (χ3n) is 5.37. The van der Waals surface area contributed by atoms with Crippen LogP contribution in [-0.2, 0) is 16.1 Å². The Labute approximate surface area is 176 Å². The SMILES string of the molecule is CC(=N[S+]([O-])C(C)(C)C)c1cc(C)cc2c(C#N)c(C)c(C3CCOCC3)nc12. The molecule has 6 heteroatoms. The molecule has 0 N–H and O–H groups in total. The standard InChI is InChI=1S/C23H29N3O2S/c1-14-11-18(16(3)26-29(27)23(4,5)6)22-19(12-14)20(13-24)15(2)21(25-22)17-7-9-28-10-8-17/h11-12,17H,7-10H2,1-6H3. The Kier molecular flexibility index (Phi) is 6.33. The second kappa shape index (κ2) is 8.43. The molecule has 2 aromatic rings. The summed E-state index contributed by atoms with van der Waals surface area (Å²) in [5.74, 6) is 0.287. The number of benzene rings is 1. The fourth-order valence-electron chi connectivity index (χ4n) is 3.72. The Bertz CT molecular complexity index is 996. The van der Waals surface area contributed by atoms with Crippen LogP contribution in [0.5, 0.6) is 0 Å². The second-order valence-corrected chi connectivity index (χ2v) is 10.6. The molecule has 0 radical (unpaired) electrons. The molecule has 1 aromatic heterocycles. The van der Waals surface area contributed by atoms with E-state index in [2.05, 4.69) is 10.5 Å². The van der Waals surface area contributed by atoms with Gasteiger partial charge in [0.15, 0.2) is 0 Å². The molecule has 1 aromatic carbocycles. The van der Waals surface area contributed by atoms with Gasteiger partial charge in [0.25, 0.3) is 0 Å². The number of ether oxygens (including phenoxy) is 1. The zero-order chi connectivity index (χ0) is 21.3. The normalized spacial score (nSPS) is 17.4. The molecule has 2 heterocycles. The fraction of sp³-hybridized carbons (Fsp3) is 0.522. The summed E-state index contributed by atoms with van der Waals surface area (Å²) in [6.45, 7) is 13.0. The molecule has 1 aliphatic heterocycles. The second-order valence-electron chi connectivity index (χ2n) is 8.74. The summed E-state index contributed by atoms with van der Waals surface area (Å²) in [7, 11) is 0. The maximum atomic E-state index is 12.6. The van der Waals surface area contributed by atoms with Crippen molar-refractivity contribution in [2.75, 3.05) is 13.2 Å². The van der Waals surface area contributed by atoms with Gasteiger partial charge in [-0.15, -0.1) is 0 Å². The molecule has 1 fully saturated rings. The maximum Gasteiger partial charge on any atom is 0.144 e. The van der Waals surface area contributed by atoms with E-state index in [1.54, 1.807) is 0 Å². The lowest BCUT2D eigenvalue weighted by Crippen LogP contribution is -2.26. The first-order valence-electron chi connectivity index (χ1n) is 10.0. The van der Waals surface area contributed by atoms with Crippen LogP contribution in [0.2, 0.25) is 0 Å². The summed E-state index contributed by atoms with van der Waals surface area (Å²) in [4.78, 5) is 5.05. The minimum absolute atomic E-state index is 0.287. The van der Waals surface area contributed by atoms with Crippen LogP contribution >= 0.6 is 0 Å². The van der Waals surface area contributed by atoms with E-state index >= 15 is 0 Å². The molecular formula is C23H29N3O2S. The van der Waals surface area contributed by atoms with Gasteiger partial charge in [0.1, 0.15) is 22.2 Å². The molecule has 1 saturated heterocycles. The quantitative estimate of drug-likeness (QED) is 0.532. The van der Waals surface area contributed by atoms with Gasteiger partial charge in [0.2, 0.25) is 0 Å². The predicted octanol–water partition coefficient (Wildman–Crippen LogP) is 4.89. The topological polar surface area (TPSA) is 81.3 Å². The first-order valence-corrected chi connectivity index (χ1v) is 11.1. The zero-order valence-electron chi connectivity index (χ0n) is 18.1. The van der Waals surface area contributed by atoms with Gasteiger partial charge in [0.05, 0.1) is 16.8 Å². The Morgan fingerprint density at radius 2 is 1.93 bits per heavy atom. The van der Waals surface area contributed by atoms with Crippen LogP contribution in [-0.4, -0.2) is 33.2 Å². The van der Waals surface area contributed by atoms with Crippen LogP contribution in [0, 0.1) is 25.2 Å². The maximum absolute atomic E-state index is 12.6. The Balaban J connectivity index is 2.25. The van der Waals surface area contributed by atoms with Crippen molar-refractivity contribution in [2.24, 2.45) is 4.40 Å². The smallest absolute Gasteiger partial charge is 0.144 e. The van der Waals surface area contributed by atoms with Crippen molar-refractivity contribution in [1.82, 2.24) is 4.98 Å². The first kappa shape index (κ1) is 21.8. The van der Waals surface area contributed by atoms with Gasteiger partial charge in [-0.2, -0.15) is 5.26 Å². The van der Waals surface area contributed by atoms with E-state index in [0.29, 0.717) is 11.3 Å². The highest BCUT2D eigenvalue weighted by molar-refractivity contribution is 7.91. The van der Waals surface area contributed by atoms with Gasteiger partial charge in [0, 0.05) is 35.8 Å². The number of hydrogen-bond acceptors (Lipinski definition) is 5. The lowest BCUT2D eigenvalue weighted by molar-refractivity contribution is 0.0844. The van der Waals surface area contributed by atoms with Gasteiger partial charge in [-0.25, -0.2) is 0 Å². The number of nitrogens with zero attached hydrogens (tertiary/aromatic N) is 3. The fourth-order valence-corrected chi connectivity index (χ4v) is 4.34. The van der Waals surface area contributed by atoms with Gasteiger partial charge in [-0.1, -0.05) is 4.40 Å². The highest BCUT2D eigenvalue weighted by Gasteiger charge is 2.28. The molecule has 154 valence electrons. The van der Waals surface area contributed by atoms with Crippen LogP contribution in [0.15, 0.2) is 16.5 Å². The molecule has 3 rings (SSSR count). The molecule has 1 unspecified atom stereocenters. The predicted molar refractivity (Wildman–Crippen MR) is 119 cm³/mol. The molecule has 29 heavy (non-hydrogen) atoms. The monoisotopic (exact) mass is 411 g/mol. The van der Waals surface area contributed by atoms with Crippen LogP contribution < -0.4 is 0 Å². The summed E-state index contributed by atoms with van der Waals surface area (Å²) >= 11 is -1.36. The van der Waals surface area contributed by atoms with E-state index in [-0.39, 0.29) is 5.92 Å². The summed E-state index contributed by atoms with van der Waals surface area (Å²) < 4.78 is 22.2. The number of pyridine rings is 1. The van der Waals surface area contributed by atoms with E-state index in [1.165, 1.54) is 0 Å². The average Bonchev–Trinajstić information content (AvgIpc) is 2.67. The molecule has 0 saturated carbocycles. The molecule has 1 aliphatic rings. The van der Waals surface area contributed by atoms with Crippen molar-refractivity contribution in [3.8, 4) is 6.07 Å². The van der Waals surface area contributed by atoms with Crippen molar-refractivity contribution in [3.05, 3.63) is 40.1 Å². The third kappa shape index (κ3) is 4.48. The Hall–Kier alpha value is -1.94. The van der Waals surface area contributed by atoms with Crippen LogP contribution in [0.4, 0.5) is 0 Å². The lowest BCUT2D eigenvalue weighted by Gasteiger charge is -2.24. The van der Waals surface area contributed by atoms with Crippen molar-refractivity contribution >= 4 is 28.0 Å². The van der Waals surface area contributed by atoms with Crippen molar-refractivity contribution in [3.63, 3.8) is 0 Å². The molecule has 5 nitrogen and oxygen atoms in total. The number of hydrogen-bond donors (Lipinski definition) is 0. The minimum Gasteiger partial charge on any atom is -0.591 e. The van der Waals surface area contributed by atoms with Crippen molar-refractivity contribution in [2.45, 2.75) is 65.0 Å². The van der Waals surface area contributed by atoms with E-state index in [9.17, 15) is 9.81 Å². The van der Waals surface area contributed by atoms with E-state index in [0.717, 1.165) is 59.3 Å². The first-order chi connectivity index (χ1) is 13.6. The molecule has 0 spiro atoms. The van der Waals surface area contributed by atoms with Gasteiger partial charge < -0.3 is 9.29 Å². The molecule has 0 aliphatic carbocycles. The van der Waals surface area contributed by atoms with Crippen LogP contribution in [0.25, 0.3) is 10.9 Å². The highest BCUT2D eigenvalue weighted by Crippen LogP contribution is 2.34. The molecule has 0 bridgehead atoms.